The van der Waals surface area contributed by atoms with Crippen LogP contribution in [-0.2, 0) is 15.9 Å². The maximum absolute atomic E-state index is 11.9. The number of nitrogens with zero attached hydrogens (tertiary/aromatic N) is 2. The minimum Gasteiger partial charge on any atom is -0.476 e. The van der Waals surface area contributed by atoms with E-state index in [2.05, 4.69) is 58.8 Å². The molecule has 2 fully saturated rings. The molecule has 3 unspecified atom stereocenters. The van der Waals surface area contributed by atoms with E-state index in [1.807, 2.05) is 42.5 Å². The van der Waals surface area contributed by atoms with Crippen molar-refractivity contribution in [3.63, 3.8) is 0 Å². The third-order valence-corrected chi connectivity index (χ3v) is 8.65. The summed E-state index contributed by atoms with van der Waals surface area (Å²) >= 11 is 9.66. The summed E-state index contributed by atoms with van der Waals surface area (Å²) in [6.45, 7) is 7.22. The van der Waals surface area contributed by atoms with E-state index in [9.17, 15) is 5.11 Å². The highest BCUT2D eigenvalue weighted by Gasteiger charge is 2.69. The van der Waals surface area contributed by atoms with Crippen LogP contribution < -0.4 is 4.74 Å². The third kappa shape index (κ3) is 4.27. The van der Waals surface area contributed by atoms with Crippen LogP contribution in [0.3, 0.4) is 0 Å². The van der Waals surface area contributed by atoms with Gasteiger partial charge in [0.2, 0.25) is 0 Å². The summed E-state index contributed by atoms with van der Waals surface area (Å²) in [6.07, 6.45) is 2.96. The number of fused-ring (bicyclic) bond motifs is 3. The number of likely N-dealkylation sites (N-methyl/N-ethyl adjacent to an activating group) is 1. The summed E-state index contributed by atoms with van der Waals surface area (Å²) in [7, 11) is 2.14. The Kier molecular flexibility index (Phi) is 6.94. The normalized spacial score (nSPS) is 28.4. The van der Waals surface area contributed by atoms with Crippen LogP contribution in [0.5, 0.6) is 5.75 Å². The van der Waals surface area contributed by atoms with Gasteiger partial charge >= 0.3 is 0 Å². The molecule has 2 aliphatic heterocycles. The van der Waals surface area contributed by atoms with Crippen molar-refractivity contribution in [3.05, 3.63) is 93.2 Å². The number of benzene rings is 2. The molecule has 7 heteroatoms. The smallest absolute Gasteiger partial charge is 0.175 e. The van der Waals surface area contributed by atoms with Crippen LogP contribution in [0.15, 0.2) is 71.3 Å². The molecule has 0 radical (unpaired) electrons. The van der Waals surface area contributed by atoms with E-state index < -0.39 is 11.2 Å². The van der Waals surface area contributed by atoms with Gasteiger partial charge in [-0.3, -0.25) is 9.88 Å². The summed E-state index contributed by atoms with van der Waals surface area (Å²) in [6, 6.07) is 20.0. The molecule has 190 valence electrons. The van der Waals surface area contributed by atoms with Crippen LogP contribution >= 0.6 is 27.5 Å². The molecule has 1 N–H and O–H groups in total. The standard InChI is InChI=1S/C22H17BrClNO2.C7H15NO/c23-16-8-6-15(7-9-16)22-18(14-4-2-1-3-5-14)10-11-21(22,26)20-19(27-22)12-17(24)13-25-20;1-7(2)6-9-5-4-8(7)3/h1-9,12-13,18,26H,10-11H2;4-6H2,1-3H3. The van der Waals surface area contributed by atoms with Crippen LogP contribution in [0.4, 0.5) is 0 Å². The largest absolute Gasteiger partial charge is 0.476 e. The molecular formula is C29H32BrClN2O3. The van der Waals surface area contributed by atoms with E-state index >= 15 is 0 Å². The fraction of sp³-hybridized carbons (Fsp3) is 0.414. The van der Waals surface area contributed by atoms with E-state index in [0.717, 1.165) is 41.8 Å². The second-order valence-corrected chi connectivity index (χ2v) is 11.8. The molecule has 36 heavy (non-hydrogen) atoms. The molecule has 1 saturated heterocycles. The number of aromatic nitrogens is 1. The van der Waals surface area contributed by atoms with Gasteiger partial charge in [0.15, 0.2) is 11.2 Å². The molecule has 6 rings (SSSR count). The molecule has 1 aromatic heterocycles. The lowest BCUT2D eigenvalue weighted by Crippen LogP contribution is -2.50. The highest BCUT2D eigenvalue weighted by atomic mass is 79.9. The molecule has 3 atom stereocenters. The van der Waals surface area contributed by atoms with Gasteiger partial charge in [0.1, 0.15) is 11.4 Å². The number of rotatable bonds is 2. The molecule has 3 heterocycles. The number of halogens is 2. The van der Waals surface area contributed by atoms with E-state index in [-0.39, 0.29) is 11.5 Å². The first-order chi connectivity index (χ1) is 17.2. The van der Waals surface area contributed by atoms with Gasteiger partial charge in [-0.25, -0.2) is 0 Å². The van der Waals surface area contributed by atoms with Gasteiger partial charge < -0.3 is 14.6 Å². The Morgan fingerprint density at radius 1 is 1.11 bits per heavy atom. The fourth-order valence-electron chi connectivity index (χ4n) is 5.68. The lowest BCUT2D eigenvalue weighted by atomic mass is 9.73. The van der Waals surface area contributed by atoms with Gasteiger partial charge in [0.25, 0.3) is 0 Å². The minimum atomic E-state index is -1.21. The highest BCUT2D eigenvalue weighted by Crippen LogP contribution is 2.66. The maximum atomic E-state index is 11.9. The molecule has 1 saturated carbocycles. The average molecular weight is 572 g/mol. The molecule has 0 bridgehead atoms. The second kappa shape index (κ2) is 9.73. The SMILES string of the molecule is CN1CCOCC1(C)C.OC12CCC(c3ccccc3)C1(c1ccc(Br)cc1)Oc1cc(Cl)cnc12. The fourth-order valence-corrected chi connectivity index (χ4v) is 6.09. The molecule has 3 aliphatic rings. The first-order valence-electron chi connectivity index (χ1n) is 12.3. The van der Waals surface area contributed by atoms with E-state index in [4.69, 9.17) is 21.1 Å². The predicted octanol–water partition coefficient (Wildman–Crippen LogP) is 6.28. The zero-order valence-corrected chi connectivity index (χ0v) is 23.2. The van der Waals surface area contributed by atoms with Crippen molar-refractivity contribution in [2.24, 2.45) is 0 Å². The summed E-state index contributed by atoms with van der Waals surface area (Å²) in [5.41, 5.74) is 0.770. The zero-order chi connectivity index (χ0) is 25.6. The number of aliphatic hydroxyl groups is 1. The van der Waals surface area contributed by atoms with E-state index in [1.54, 1.807) is 12.3 Å². The number of hydrogen-bond acceptors (Lipinski definition) is 5. The molecule has 3 aromatic rings. The summed E-state index contributed by atoms with van der Waals surface area (Å²) < 4.78 is 12.9. The molecule has 2 aromatic carbocycles. The van der Waals surface area contributed by atoms with Gasteiger partial charge in [0.05, 0.1) is 18.2 Å². The summed E-state index contributed by atoms with van der Waals surface area (Å²) in [5.74, 6) is 0.561. The monoisotopic (exact) mass is 570 g/mol. The molecule has 0 spiro atoms. The van der Waals surface area contributed by atoms with Gasteiger partial charge in [-0.05, 0) is 57.0 Å². The van der Waals surface area contributed by atoms with Crippen LogP contribution in [-0.4, -0.2) is 47.3 Å². The van der Waals surface area contributed by atoms with Crippen LogP contribution in [0.2, 0.25) is 5.02 Å². The van der Waals surface area contributed by atoms with E-state index in [0.29, 0.717) is 22.9 Å². The van der Waals surface area contributed by atoms with Crippen LogP contribution in [0, 0.1) is 0 Å². The first-order valence-corrected chi connectivity index (χ1v) is 13.5. The van der Waals surface area contributed by atoms with Gasteiger partial charge in [0, 0.05) is 34.7 Å². The Bertz CT molecular complexity index is 1220. The Labute approximate surface area is 226 Å². The average Bonchev–Trinajstić information content (AvgIpc) is 3.29. The van der Waals surface area contributed by atoms with Gasteiger partial charge in [-0.1, -0.05) is 70.0 Å². The van der Waals surface area contributed by atoms with Crippen molar-refractivity contribution in [3.8, 4) is 5.75 Å². The Balaban J connectivity index is 0.000000252. The third-order valence-electron chi connectivity index (χ3n) is 7.92. The lowest BCUT2D eigenvalue weighted by Gasteiger charge is -2.39. The second-order valence-electron chi connectivity index (χ2n) is 10.5. The lowest BCUT2D eigenvalue weighted by molar-refractivity contribution is -0.107. The quantitative estimate of drug-likeness (QED) is 0.393. The van der Waals surface area contributed by atoms with Crippen molar-refractivity contribution >= 4 is 27.5 Å². The van der Waals surface area contributed by atoms with Gasteiger partial charge in [-0.15, -0.1) is 0 Å². The minimum absolute atomic E-state index is 0.00199. The number of ether oxygens (including phenoxy) is 2. The summed E-state index contributed by atoms with van der Waals surface area (Å²) in [5, 5.41) is 12.4. The molecule has 0 amide bonds. The number of pyridine rings is 1. The predicted molar refractivity (Wildman–Crippen MR) is 146 cm³/mol. The van der Waals surface area contributed by atoms with Crippen LogP contribution in [0.1, 0.15) is 49.4 Å². The molecular weight excluding hydrogens is 540 g/mol. The highest BCUT2D eigenvalue weighted by molar-refractivity contribution is 9.10. The number of morpholine rings is 1. The molecule has 1 aliphatic carbocycles. The summed E-state index contributed by atoms with van der Waals surface area (Å²) in [4.78, 5) is 6.80. The van der Waals surface area contributed by atoms with Crippen molar-refractivity contribution < 1.29 is 14.6 Å². The molecule has 5 nitrogen and oxygen atoms in total. The topological polar surface area (TPSA) is 54.8 Å². The Hall–Kier alpha value is -1.96. The van der Waals surface area contributed by atoms with E-state index in [1.165, 1.54) is 0 Å². The van der Waals surface area contributed by atoms with Crippen molar-refractivity contribution in [1.82, 2.24) is 9.88 Å². The van der Waals surface area contributed by atoms with Gasteiger partial charge in [-0.2, -0.15) is 0 Å². The maximum Gasteiger partial charge on any atom is 0.175 e. The zero-order valence-electron chi connectivity index (χ0n) is 20.9. The first kappa shape index (κ1) is 25.7. The number of hydrogen-bond donors (Lipinski definition) is 1. The van der Waals surface area contributed by atoms with Crippen molar-refractivity contribution in [2.45, 2.75) is 49.3 Å². The van der Waals surface area contributed by atoms with Crippen molar-refractivity contribution in [2.75, 3.05) is 26.8 Å². The Morgan fingerprint density at radius 2 is 1.83 bits per heavy atom. The van der Waals surface area contributed by atoms with Crippen LogP contribution in [0.25, 0.3) is 0 Å². The Morgan fingerprint density at radius 3 is 2.47 bits per heavy atom. The van der Waals surface area contributed by atoms with Crippen molar-refractivity contribution in [1.29, 1.82) is 0 Å².